The Morgan fingerprint density at radius 3 is 2.21 bits per heavy atom. The summed E-state index contributed by atoms with van der Waals surface area (Å²) in [5.74, 6) is 0. The van der Waals surface area contributed by atoms with E-state index in [1.807, 2.05) is 12.1 Å². The Bertz CT molecular complexity index is 1010. The molecule has 0 radical (unpaired) electrons. The fourth-order valence-corrected chi connectivity index (χ4v) is 5.09. The highest BCUT2D eigenvalue weighted by molar-refractivity contribution is 7.89. The van der Waals surface area contributed by atoms with Crippen molar-refractivity contribution < 1.29 is 13.3 Å². The fourth-order valence-electron chi connectivity index (χ4n) is 4.55. The van der Waals surface area contributed by atoms with Crippen LogP contribution >= 0.6 is 0 Å². The van der Waals surface area contributed by atoms with E-state index in [-0.39, 0.29) is 22.7 Å². The van der Waals surface area contributed by atoms with Gasteiger partial charge in [-0.2, -0.15) is 0 Å². The van der Waals surface area contributed by atoms with E-state index in [9.17, 15) is 18.5 Å². The topological polar surface area (TPSA) is 119 Å². The van der Waals surface area contributed by atoms with Crippen molar-refractivity contribution in [2.24, 2.45) is 5.14 Å². The number of benzene rings is 2. The molecule has 2 aromatic rings. The van der Waals surface area contributed by atoms with Crippen LogP contribution < -0.4 is 15.4 Å². The molecular weight excluding hydrogens is 392 g/mol. The van der Waals surface area contributed by atoms with Gasteiger partial charge in [-0.05, 0) is 62.0 Å². The maximum atomic E-state index is 11.9. The molecule has 1 saturated heterocycles. The molecule has 1 aliphatic heterocycles. The molecule has 1 aliphatic carbocycles. The number of anilines is 1. The number of fused-ring (bicyclic) bond motifs is 1. The first-order chi connectivity index (χ1) is 13.8. The van der Waals surface area contributed by atoms with Crippen LogP contribution in [0.25, 0.3) is 0 Å². The van der Waals surface area contributed by atoms with Gasteiger partial charge in [0.1, 0.15) is 5.69 Å². The summed E-state index contributed by atoms with van der Waals surface area (Å²) in [6.07, 6.45) is 3.38. The van der Waals surface area contributed by atoms with E-state index < -0.39 is 14.9 Å². The summed E-state index contributed by atoms with van der Waals surface area (Å²) >= 11 is 0. The molecule has 0 spiro atoms. The first-order valence-electron chi connectivity index (χ1n) is 9.71. The molecule has 0 aromatic heterocycles. The highest BCUT2D eigenvalue weighted by Gasteiger charge is 2.36. The molecule has 2 aromatic carbocycles. The zero-order valence-electron chi connectivity index (χ0n) is 16.0. The molecule has 0 unspecified atom stereocenters. The number of hydrogen-bond donors (Lipinski definition) is 2. The number of sulfonamides is 1. The van der Waals surface area contributed by atoms with E-state index in [4.69, 9.17) is 5.14 Å². The van der Waals surface area contributed by atoms with Gasteiger partial charge in [0.25, 0.3) is 5.69 Å². The minimum Gasteiger partial charge on any atom is -0.359 e. The molecule has 8 nitrogen and oxygen atoms in total. The number of piperidine rings is 1. The smallest absolute Gasteiger partial charge is 0.293 e. The Kier molecular flexibility index (Phi) is 5.28. The first kappa shape index (κ1) is 19.8. The Balaban J connectivity index is 1.78. The predicted octanol–water partition coefficient (Wildman–Crippen LogP) is 1.97. The molecule has 0 saturated carbocycles. The van der Waals surface area contributed by atoms with Crippen molar-refractivity contribution in [2.75, 3.05) is 18.0 Å². The highest BCUT2D eigenvalue weighted by atomic mass is 32.2. The second-order valence-electron chi connectivity index (χ2n) is 7.67. The minimum absolute atomic E-state index is 0.0922. The summed E-state index contributed by atoms with van der Waals surface area (Å²) in [4.78, 5) is 13.3. The number of nitrogens with two attached hydrogens (primary N) is 1. The van der Waals surface area contributed by atoms with Crippen molar-refractivity contribution in [3.05, 3.63) is 63.7 Å². The summed E-state index contributed by atoms with van der Waals surface area (Å²) in [6.45, 7) is 1.70. The van der Waals surface area contributed by atoms with Gasteiger partial charge in [-0.1, -0.05) is 24.3 Å². The molecule has 0 bridgehead atoms. The van der Waals surface area contributed by atoms with Gasteiger partial charge in [0.2, 0.25) is 10.0 Å². The van der Waals surface area contributed by atoms with Crippen molar-refractivity contribution in [3.8, 4) is 0 Å². The molecule has 0 amide bonds. The molecule has 9 heteroatoms. The average molecular weight is 417 g/mol. The van der Waals surface area contributed by atoms with Gasteiger partial charge in [-0.25, -0.2) is 13.6 Å². The largest absolute Gasteiger partial charge is 0.359 e. The zero-order valence-corrected chi connectivity index (χ0v) is 16.8. The van der Waals surface area contributed by atoms with Crippen molar-refractivity contribution in [2.45, 2.75) is 42.7 Å². The second-order valence-corrected chi connectivity index (χ2v) is 9.23. The van der Waals surface area contributed by atoms with E-state index in [2.05, 4.69) is 22.3 Å². The summed E-state index contributed by atoms with van der Waals surface area (Å²) in [6, 6.07) is 12.5. The van der Waals surface area contributed by atoms with Gasteiger partial charge in [-0.15, -0.1) is 0 Å². The number of nitro benzene ring substituents is 1. The fraction of sp³-hybridized carbons (Fsp3) is 0.400. The maximum absolute atomic E-state index is 11.9. The second kappa shape index (κ2) is 7.74. The van der Waals surface area contributed by atoms with Gasteiger partial charge < -0.3 is 10.2 Å². The number of rotatable bonds is 5. The van der Waals surface area contributed by atoms with Gasteiger partial charge in [0.05, 0.1) is 9.82 Å². The molecule has 2 aliphatic rings. The third-order valence-electron chi connectivity index (χ3n) is 5.88. The number of primary sulfonamides is 1. The van der Waals surface area contributed by atoms with Gasteiger partial charge in [-0.3, -0.25) is 10.1 Å². The van der Waals surface area contributed by atoms with Crippen LogP contribution in [0.15, 0.2) is 47.4 Å². The molecule has 1 fully saturated rings. The van der Waals surface area contributed by atoms with E-state index in [0.29, 0.717) is 5.69 Å². The lowest BCUT2D eigenvalue weighted by Gasteiger charge is -2.40. The summed E-state index contributed by atoms with van der Waals surface area (Å²) < 4.78 is 23.5. The monoisotopic (exact) mass is 416 g/mol. The van der Waals surface area contributed by atoms with Crippen molar-refractivity contribution >= 4 is 21.4 Å². The molecule has 29 heavy (non-hydrogen) atoms. The Hall–Kier alpha value is -2.49. The van der Waals surface area contributed by atoms with Crippen LogP contribution in [0.5, 0.6) is 0 Å². The highest BCUT2D eigenvalue weighted by Crippen LogP contribution is 2.38. The van der Waals surface area contributed by atoms with Crippen LogP contribution in [0.2, 0.25) is 0 Å². The summed E-state index contributed by atoms with van der Waals surface area (Å²) in [5.41, 5.74) is 2.78. The number of nitro groups is 1. The average Bonchev–Trinajstić information content (AvgIpc) is 3.12. The van der Waals surface area contributed by atoms with Gasteiger partial charge in [0, 0.05) is 18.2 Å². The van der Waals surface area contributed by atoms with Gasteiger partial charge >= 0.3 is 0 Å². The van der Waals surface area contributed by atoms with Crippen LogP contribution in [0.3, 0.4) is 0 Å². The third kappa shape index (κ3) is 3.98. The number of nitrogens with one attached hydrogen (secondary N) is 1. The zero-order chi connectivity index (χ0) is 20.6. The first-order valence-corrected chi connectivity index (χ1v) is 11.3. The van der Waals surface area contributed by atoms with Crippen LogP contribution in [0.1, 0.15) is 24.0 Å². The molecule has 3 N–H and O–H groups in total. The van der Waals surface area contributed by atoms with E-state index >= 15 is 0 Å². The van der Waals surface area contributed by atoms with E-state index in [0.717, 1.165) is 44.8 Å². The Morgan fingerprint density at radius 2 is 1.66 bits per heavy atom. The molecule has 1 heterocycles. The lowest BCUT2D eigenvalue weighted by molar-refractivity contribution is -0.384. The quantitative estimate of drug-likeness (QED) is 0.568. The molecule has 4 rings (SSSR count). The SMILES string of the molecule is NS(=O)(=O)c1ccc(N(C2CCNCC2)C2Cc3ccccc3C2)c([N+](=O)[O-])c1. The number of nitrogens with zero attached hydrogens (tertiary/aromatic N) is 2. The standard InChI is InChI=1S/C20H24N4O4S/c21-29(27,28)18-5-6-19(20(13-18)24(25)26)23(16-7-9-22-10-8-16)17-11-14-3-1-2-4-15(14)12-17/h1-6,13,16-17,22H,7-12H2,(H2,21,27,28). The van der Waals surface area contributed by atoms with Crippen molar-refractivity contribution in [1.29, 1.82) is 0 Å². The van der Waals surface area contributed by atoms with E-state index in [1.54, 1.807) is 6.07 Å². The lowest BCUT2D eigenvalue weighted by atomic mass is 9.99. The molecule has 0 atom stereocenters. The Labute approximate surface area is 169 Å². The van der Waals surface area contributed by atoms with Crippen LogP contribution in [-0.4, -0.2) is 38.5 Å². The minimum atomic E-state index is -4.02. The lowest BCUT2D eigenvalue weighted by Crippen LogP contribution is -2.49. The van der Waals surface area contributed by atoms with Gasteiger partial charge in [0.15, 0.2) is 0 Å². The van der Waals surface area contributed by atoms with E-state index in [1.165, 1.54) is 17.2 Å². The van der Waals surface area contributed by atoms with Crippen LogP contribution in [-0.2, 0) is 22.9 Å². The maximum Gasteiger partial charge on any atom is 0.293 e. The summed E-state index contributed by atoms with van der Waals surface area (Å²) in [7, 11) is -4.02. The summed E-state index contributed by atoms with van der Waals surface area (Å²) in [5, 5.41) is 20.4. The van der Waals surface area contributed by atoms with Crippen LogP contribution in [0, 0.1) is 10.1 Å². The van der Waals surface area contributed by atoms with Crippen LogP contribution in [0.4, 0.5) is 11.4 Å². The molecule has 154 valence electrons. The predicted molar refractivity (Wildman–Crippen MR) is 110 cm³/mol. The van der Waals surface area contributed by atoms with Crippen molar-refractivity contribution in [3.63, 3.8) is 0 Å². The molecular formula is C20H24N4O4S. The Morgan fingerprint density at radius 1 is 1.03 bits per heavy atom. The van der Waals surface area contributed by atoms with Crippen molar-refractivity contribution in [1.82, 2.24) is 5.32 Å². The normalized spacial score (nSPS) is 17.8. The third-order valence-corrected chi connectivity index (χ3v) is 6.79. The number of hydrogen-bond acceptors (Lipinski definition) is 6.